The summed E-state index contributed by atoms with van der Waals surface area (Å²) in [4.78, 5) is 0. The topological polar surface area (TPSA) is 0 Å². The summed E-state index contributed by atoms with van der Waals surface area (Å²) in [5, 5.41) is 0. The normalized spacial score (nSPS) is 7.71. The van der Waals surface area contributed by atoms with Crippen LogP contribution in [-0.4, -0.2) is 11.1 Å². The van der Waals surface area contributed by atoms with Gasteiger partial charge in [-0.3, -0.25) is 9.09 Å². The van der Waals surface area contributed by atoms with Gasteiger partial charge in [0.15, 0.2) is 0 Å². The summed E-state index contributed by atoms with van der Waals surface area (Å²) in [5.41, 5.74) is 0. The van der Waals surface area contributed by atoms with Crippen LogP contribution in [0.2, 0.25) is 0 Å². The molecule has 0 saturated carbocycles. The molecular formula is C4H9F2I. The van der Waals surface area contributed by atoms with Gasteiger partial charge in [0.25, 0.3) is 0 Å². The maximum atomic E-state index is 11.2. The van der Waals surface area contributed by atoms with Crippen LogP contribution in [0.4, 0.5) is 9.09 Å². The Hall–Kier alpha value is 0.590. The van der Waals surface area contributed by atoms with E-state index < -0.39 is 0 Å². The Morgan fingerprint density at radius 1 is 1.29 bits per heavy atom. The molecule has 0 aromatic carbocycles. The Kier molecular flexibility index (Phi) is 14.7. The molecule has 0 nitrogen and oxygen atoms in total. The molecule has 0 aromatic rings. The molecule has 0 saturated heterocycles. The molecule has 46 valence electrons. The van der Waals surface area contributed by atoms with Crippen molar-refractivity contribution < 1.29 is 9.09 Å². The minimum Gasteiger partial charge on any atom is -0.269 e. The van der Waals surface area contributed by atoms with Crippen molar-refractivity contribution in [3.63, 3.8) is 0 Å². The van der Waals surface area contributed by atoms with Crippen LogP contribution in [0.1, 0.15) is 12.8 Å². The molecule has 7 heavy (non-hydrogen) atoms. The molecule has 0 heterocycles. The molecule has 0 atom stereocenters. The van der Waals surface area contributed by atoms with Gasteiger partial charge in [-0.15, -0.1) is 0 Å². The minimum atomic E-state index is -0.150. The zero-order chi connectivity index (χ0) is 4.83. The molecule has 0 rings (SSSR count). The van der Waals surface area contributed by atoms with Crippen molar-refractivity contribution in [3.8, 4) is 0 Å². The highest BCUT2D eigenvalue weighted by Crippen LogP contribution is 1.92. The van der Waals surface area contributed by atoms with Crippen LogP contribution in [0, 0.1) is 0 Å². The van der Waals surface area contributed by atoms with E-state index in [-0.39, 0.29) is 11.4 Å². The maximum absolute atomic E-state index is 11.2. The van der Waals surface area contributed by atoms with Crippen molar-refractivity contribution in [3.05, 3.63) is 0 Å². The highest BCUT2D eigenvalue weighted by atomic mass is 127. The van der Waals surface area contributed by atoms with E-state index in [2.05, 4.69) is 22.6 Å². The van der Waals surface area contributed by atoms with E-state index in [0.717, 1.165) is 17.3 Å². The zero-order valence-electron chi connectivity index (χ0n) is 3.99. The fourth-order valence-electron chi connectivity index (χ4n) is 0.189. The van der Waals surface area contributed by atoms with Crippen molar-refractivity contribution in [2.45, 2.75) is 12.8 Å². The summed E-state index contributed by atoms with van der Waals surface area (Å²) >= 11 is 2.24. The van der Waals surface area contributed by atoms with Crippen molar-refractivity contribution >= 4 is 22.6 Å². The predicted molar refractivity (Wildman–Crippen MR) is 36.6 cm³/mol. The number of unbranched alkanes of at least 4 members (excludes halogenated alkanes) is 1. The average molecular weight is 222 g/mol. The number of alkyl halides is 2. The van der Waals surface area contributed by atoms with Gasteiger partial charge in [-0.05, 0) is 17.3 Å². The highest BCUT2D eigenvalue weighted by molar-refractivity contribution is 14.1. The van der Waals surface area contributed by atoms with E-state index in [4.69, 9.17) is 0 Å². The third-order valence-corrected chi connectivity index (χ3v) is 1.28. The molecule has 0 spiro atoms. The van der Waals surface area contributed by atoms with Crippen LogP contribution in [-0.2, 0) is 0 Å². The molecule has 3 heteroatoms. The first-order chi connectivity index (χ1) is 2.91. The molecule has 0 aromatic heterocycles. The SMILES string of the molecule is F.FCCCCI. The molecule has 0 aliphatic rings. The van der Waals surface area contributed by atoms with Gasteiger partial charge in [-0.1, -0.05) is 22.6 Å². The van der Waals surface area contributed by atoms with Crippen molar-refractivity contribution in [2.24, 2.45) is 0 Å². The van der Waals surface area contributed by atoms with Crippen LogP contribution < -0.4 is 0 Å². The molecule has 0 N–H and O–H groups in total. The Morgan fingerprint density at radius 3 is 2.00 bits per heavy atom. The summed E-state index contributed by atoms with van der Waals surface area (Å²) in [6.07, 6.45) is 1.76. The van der Waals surface area contributed by atoms with Crippen molar-refractivity contribution in [2.75, 3.05) is 11.1 Å². The van der Waals surface area contributed by atoms with Gasteiger partial charge in [0.05, 0.1) is 6.67 Å². The van der Waals surface area contributed by atoms with E-state index >= 15 is 0 Å². The van der Waals surface area contributed by atoms with Crippen LogP contribution in [0.15, 0.2) is 0 Å². The third kappa shape index (κ3) is 10.8. The Balaban J connectivity index is 0. The highest BCUT2D eigenvalue weighted by Gasteiger charge is 1.79. The second kappa shape index (κ2) is 9.77. The second-order valence-corrected chi connectivity index (χ2v) is 2.16. The Labute approximate surface area is 56.0 Å². The number of hydrogen-bond acceptors (Lipinski definition) is 0. The smallest absolute Gasteiger partial charge is 0.0894 e. The van der Waals surface area contributed by atoms with E-state index in [1.807, 2.05) is 0 Å². The molecule has 0 bridgehead atoms. The first kappa shape index (κ1) is 10.5. The van der Waals surface area contributed by atoms with Crippen molar-refractivity contribution in [1.82, 2.24) is 0 Å². The lowest BCUT2D eigenvalue weighted by molar-refractivity contribution is 0.471. The van der Waals surface area contributed by atoms with Crippen LogP contribution in [0.5, 0.6) is 0 Å². The van der Waals surface area contributed by atoms with Gasteiger partial charge in [0, 0.05) is 0 Å². The molecule has 0 fully saturated rings. The van der Waals surface area contributed by atoms with Crippen molar-refractivity contribution in [1.29, 1.82) is 0 Å². The molecule has 0 aliphatic carbocycles. The summed E-state index contributed by atoms with van der Waals surface area (Å²) < 4.78 is 12.3. The summed E-state index contributed by atoms with van der Waals surface area (Å²) in [7, 11) is 0. The van der Waals surface area contributed by atoms with Crippen LogP contribution in [0.3, 0.4) is 0 Å². The summed E-state index contributed by atoms with van der Waals surface area (Å²) in [6, 6.07) is 0. The van der Waals surface area contributed by atoms with Gasteiger partial charge < -0.3 is 0 Å². The van der Waals surface area contributed by atoms with Gasteiger partial charge in [-0.25, -0.2) is 0 Å². The standard InChI is InChI=1S/C4H8FI.FH/c5-3-1-2-4-6;/h1-4H2;1H. The summed E-state index contributed by atoms with van der Waals surface area (Å²) in [6.45, 7) is -0.150. The summed E-state index contributed by atoms with van der Waals surface area (Å²) in [5.74, 6) is 0. The van der Waals surface area contributed by atoms with Crippen LogP contribution >= 0.6 is 22.6 Å². The number of halogens is 3. The molecule has 0 amide bonds. The first-order valence-corrected chi connectivity index (χ1v) is 3.56. The third-order valence-electron chi connectivity index (χ3n) is 0.517. The molecular weight excluding hydrogens is 213 g/mol. The number of hydrogen-bond donors (Lipinski definition) is 0. The number of rotatable bonds is 3. The zero-order valence-corrected chi connectivity index (χ0v) is 6.15. The lowest BCUT2D eigenvalue weighted by Crippen LogP contribution is -1.75. The van der Waals surface area contributed by atoms with E-state index in [0.29, 0.717) is 0 Å². The molecule has 0 unspecified atom stereocenters. The Bertz CT molecular complexity index is 21.7. The molecule has 0 radical (unpaired) electrons. The lowest BCUT2D eigenvalue weighted by atomic mass is 10.4. The minimum absolute atomic E-state index is 0. The van der Waals surface area contributed by atoms with Gasteiger partial charge in [-0.2, -0.15) is 0 Å². The largest absolute Gasteiger partial charge is 0.269 e. The van der Waals surface area contributed by atoms with E-state index in [1.54, 1.807) is 0 Å². The van der Waals surface area contributed by atoms with E-state index in [1.165, 1.54) is 0 Å². The Morgan fingerprint density at radius 2 is 1.86 bits per heavy atom. The quantitative estimate of drug-likeness (QED) is 0.390. The average Bonchev–Trinajstić information content (AvgIpc) is 1.61. The fourth-order valence-corrected chi connectivity index (χ4v) is 0.728. The second-order valence-electron chi connectivity index (χ2n) is 1.09. The van der Waals surface area contributed by atoms with E-state index in [9.17, 15) is 4.39 Å². The van der Waals surface area contributed by atoms with Crippen LogP contribution in [0.25, 0.3) is 0 Å². The van der Waals surface area contributed by atoms with Gasteiger partial charge >= 0.3 is 0 Å². The van der Waals surface area contributed by atoms with Gasteiger partial charge in [0.1, 0.15) is 0 Å². The van der Waals surface area contributed by atoms with Gasteiger partial charge in [0.2, 0.25) is 0 Å². The maximum Gasteiger partial charge on any atom is 0.0894 e. The lowest BCUT2D eigenvalue weighted by Gasteiger charge is -1.82. The monoisotopic (exact) mass is 222 g/mol. The fraction of sp³-hybridized carbons (Fsp3) is 1.00. The predicted octanol–water partition coefficient (Wildman–Crippen LogP) is 2.32. The first-order valence-electron chi connectivity index (χ1n) is 2.03. The molecule has 0 aliphatic heterocycles.